The fourth-order valence-corrected chi connectivity index (χ4v) is 8.04. The number of hydrogen-bond acceptors (Lipinski definition) is 7. The molecule has 0 saturated carbocycles. The van der Waals surface area contributed by atoms with Gasteiger partial charge in [0.1, 0.15) is 0 Å². The Morgan fingerprint density at radius 2 is 1.43 bits per heavy atom. The maximum atomic E-state index is 12.8. The van der Waals surface area contributed by atoms with Crippen molar-refractivity contribution >= 4 is 34.0 Å². The summed E-state index contributed by atoms with van der Waals surface area (Å²) in [5, 5.41) is 18.1. The normalized spacial score (nSPS) is 17.0. The van der Waals surface area contributed by atoms with Crippen LogP contribution in [0.1, 0.15) is 98.1 Å². The first-order valence-electron chi connectivity index (χ1n) is 21.5. The molecule has 0 spiro atoms. The topological polar surface area (TPSA) is 126 Å². The van der Waals surface area contributed by atoms with Gasteiger partial charge in [0.15, 0.2) is 6.29 Å². The summed E-state index contributed by atoms with van der Waals surface area (Å²) < 4.78 is 13.4. The Balaban J connectivity index is 0.941. The Morgan fingerprint density at radius 3 is 2.18 bits per heavy atom. The van der Waals surface area contributed by atoms with E-state index >= 15 is 0 Å². The van der Waals surface area contributed by atoms with Crippen LogP contribution in [-0.4, -0.2) is 41.5 Å². The van der Waals surface area contributed by atoms with Crippen molar-refractivity contribution < 1.29 is 24.2 Å². The SMILES string of the molecule is C[C@H](c1ccc2ccccc2c1)N(C)C[C@H]1C[C@@H](c2ccc(CO)cc2)O[C@@H](c2ccc(-c3ccccc3CNC(=O)CCCCCCC(=O)Nc3ccccc3N)cc2)O1. The minimum Gasteiger partial charge on any atom is -0.397 e. The number of anilines is 2. The van der Waals surface area contributed by atoms with Gasteiger partial charge >= 0.3 is 0 Å². The molecular weight excluding hydrogens is 761 g/mol. The Hall–Kier alpha value is -5.84. The average Bonchev–Trinajstić information content (AvgIpc) is 3.29. The number of rotatable bonds is 18. The third kappa shape index (κ3) is 11.7. The van der Waals surface area contributed by atoms with Gasteiger partial charge in [-0.3, -0.25) is 14.5 Å². The minimum atomic E-state index is -0.569. The molecule has 6 aromatic rings. The van der Waals surface area contributed by atoms with Crippen molar-refractivity contribution in [1.29, 1.82) is 0 Å². The van der Waals surface area contributed by atoms with Crippen LogP contribution in [0.2, 0.25) is 0 Å². The molecule has 2 amide bonds. The molecule has 1 saturated heterocycles. The monoisotopic (exact) mass is 818 g/mol. The number of benzene rings is 6. The van der Waals surface area contributed by atoms with E-state index in [2.05, 4.69) is 108 Å². The molecule has 4 atom stereocenters. The number of para-hydroxylation sites is 2. The Labute approximate surface area is 359 Å². The molecule has 0 bridgehead atoms. The molecule has 1 heterocycles. The predicted molar refractivity (Wildman–Crippen MR) is 244 cm³/mol. The number of fused-ring (bicyclic) bond motifs is 1. The molecule has 1 fully saturated rings. The first-order chi connectivity index (χ1) is 29.7. The van der Waals surface area contributed by atoms with E-state index in [0.29, 0.717) is 37.2 Å². The van der Waals surface area contributed by atoms with Crippen molar-refractivity contribution in [2.24, 2.45) is 0 Å². The van der Waals surface area contributed by atoms with Gasteiger partial charge in [0.05, 0.1) is 30.2 Å². The number of aliphatic hydroxyl groups excluding tert-OH is 1. The molecule has 9 nitrogen and oxygen atoms in total. The van der Waals surface area contributed by atoms with Crippen LogP contribution in [0.3, 0.4) is 0 Å². The highest BCUT2D eigenvalue weighted by Gasteiger charge is 2.33. The van der Waals surface area contributed by atoms with E-state index in [-0.39, 0.29) is 36.7 Å². The second kappa shape index (κ2) is 21.1. The Bertz CT molecular complexity index is 2370. The quantitative estimate of drug-likeness (QED) is 0.0503. The van der Waals surface area contributed by atoms with Crippen molar-refractivity contribution in [2.45, 2.75) is 89.6 Å². The fraction of sp³-hybridized carbons (Fsp3) is 0.308. The van der Waals surface area contributed by atoms with Gasteiger partial charge in [-0.05, 0) is 89.2 Å². The lowest BCUT2D eigenvalue weighted by Gasteiger charge is -2.39. The van der Waals surface area contributed by atoms with Crippen LogP contribution in [0.5, 0.6) is 0 Å². The zero-order chi connectivity index (χ0) is 42.6. The van der Waals surface area contributed by atoms with E-state index in [1.165, 1.54) is 16.3 Å². The van der Waals surface area contributed by atoms with Gasteiger partial charge in [0.2, 0.25) is 11.8 Å². The molecule has 316 valence electrons. The van der Waals surface area contributed by atoms with Crippen LogP contribution in [0, 0.1) is 0 Å². The molecular formula is C52H58N4O5. The van der Waals surface area contributed by atoms with E-state index in [9.17, 15) is 14.7 Å². The third-order valence-corrected chi connectivity index (χ3v) is 11.8. The van der Waals surface area contributed by atoms with Crippen molar-refractivity contribution in [3.63, 3.8) is 0 Å². The number of carbonyl (C=O) groups is 2. The van der Waals surface area contributed by atoms with Gasteiger partial charge in [-0.2, -0.15) is 0 Å². The van der Waals surface area contributed by atoms with Gasteiger partial charge in [-0.1, -0.05) is 134 Å². The van der Waals surface area contributed by atoms with E-state index in [1.54, 1.807) is 12.1 Å². The zero-order valence-corrected chi connectivity index (χ0v) is 35.3. The summed E-state index contributed by atoms with van der Waals surface area (Å²) in [6.45, 7) is 3.39. The van der Waals surface area contributed by atoms with Gasteiger partial charge in [-0.25, -0.2) is 0 Å². The van der Waals surface area contributed by atoms with Crippen LogP contribution in [0.4, 0.5) is 11.4 Å². The highest BCUT2D eigenvalue weighted by Crippen LogP contribution is 2.39. The molecule has 6 aromatic carbocycles. The molecule has 1 aliphatic rings. The standard InChI is InChI=1S/C52H58N4O5/c1-36(42-30-25-38-13-7-8-14-43(38)31-42)56(2)34-45-32-49(40-23-21-37(35-57)22-24-40)61-52(60-45)41-28-26-39(27-29-41)46-16-10-9-15-44(46)33-54-50(58)19-5-3-4-6-20-51(59)55-48-18-12-11-17-47(48)53/h7-18,21-31,36,45,49,52,57H,3-6,19-20,32-35,53H2,1-2H3,(H,54,58)(H,55,59)/t36-,45-,49+,52+/m1/s1. The number of hydrogen-bond donors (Lipinski definition) is 4. The van der Waals surface area contributed by atoms with Crippen molar-refractivity contribution in [1.82, 2.24) is 10.2 Å². The number of nitrogens with zero attached hydrogens (tertiary/aromatic N) is 1. The highest BCUT2D eigenvalue weighted by atomic mass is 16.7. The number of likely N-dealkylation sites (N-methyl/N-ethyl adjacent to an activating group) is 1. The average molecular weight is 819 g/mol. The van der Waals surface area contributed by atoms with Gasteiger partial charge < -0.3 is 30.9 Å². The van der Waals surface area contributed by atoms with Crippen molar-refractivity contribution in [3.8, 4) is 11.1 Å². The fourth-order valence-electron chi connectivity index (χ4n) is 8.04. The lowest BCUT2D eigenvalue weighted by atomic mass is 9.97. The van der Waals surface area contributed by atoms with Crippen LogP contribution in [-0.2, 0) is 32.2 Å². The number of nitrogens with two attached hydrogens (primary N) is 1. The zero-order valence-electron chi connectivity index (χ0n) is 35.3. The van der Waals surface area contributed by atoms with E-state index < -0.39 is 6.29 Å². The number of carbonyl (C=O) groups excluding carboxylic acids is 2. The lowest BCUT2D eigenvalue weighted by molar-refractivity contribution is -0.253. The second-order valence-electron chi connectivity index (χ2n) is 16.2. The molecule has 0 aliphatic carbocycles. The smallest absolute Gasteiger partial charge is 0.224 e. The maximum Gasteiger partial charge on any atom is 0.224 e. The summed E-state index contributed by atoms with van der Waals surface area (Å²) in [4.78, 5) is 27.5. The minimum absolute atomic E-state index is 0.00355. The molecule has 0 unspecified atom stereocenters. The number of ether oxygens (including phenoxy) is 2. The first kappa shape index (κ1) is 43.3. The van der Waals surface area contributed by atoms with Crippen LogP contribution < -0.4 is 16.4 Å². The summed E-state index contributed by atoms with van der Waals surface area (Å²) in [5.41, 5.74) is 14.4. The van der Waals surface area contributed by atoms with E-state index in [0.717, 1.165) is 65.6 Å². The van der Waals surface area contributed by atoms with Crippen molar-refractivity contribution in [3.05, 3.63) is 167 Å². The Morgan fingerprint density at radius 1 is 0.754 bits per heavy atom. The number of amides is 2. The number of aliphatic hydroxyl groups is 1. The van der Waals surface area contributed by atoms with Crippen LogP contribution >= 0.6 is 0 Å². The number of nitrogens with one attached hydrogen (secondary N) is 2. The molecule has 0 aromatic heterocycles. The summed E-state index contributed by atoms with van der Waals surface area (Å²) >= 11 is 0. The van der Waals surface area contributed by atoms with Crippen LogP contribution in [0.25, 0.3) is 21.9 Å². The van der Waals surface area contributed by atoms with Crippen molar-refractivity contribution in [2.75, 3.05) is 24.6 Å². The molecule has 5 N–H and O–H groups in total. The summed E-state index contributed by atoms with van der Waals surface area (Å²) in [6, 6.07) is 47.1. The molecule has 9 heteroatoms. The molecule has 0 radical (unpaired) electrons. The summed E-state index contributed by atoms with van der Waals surface area (Å²) in [6.07, 6.45) is 4.00. The lowest BCUT2D eigenvalue weighted by Crippen LogP contribution is -2.38. The largest absolute Gasteiger partial charge is 0.397 e. The summed E-state index contributed by atoms with van der Waals surface area (Å²) in [7, 11) is 2.16. The summed E-state index contributed by atoms with van der Waals surface area (Å²) in [5.74, 6) is -0.0353. The van der Waals surface area contributed by atoms with Gasteiger partial charge in [0, 0.05) is 44.0 Å². The predicted octanol–water partition coefficient (Wildman–Crippen LogP) is 10.4. The highest BCUT2D eigenvalue weighted by molar-refractivity contribution is 5.93. The number of unbranched alkanes of at least 4 members (excludes halogenated alkanes) is 3. The molecule has 7 rings (SSSR count). The second-order valence-corrected chi connectivity index (χ2v) is 16.2. The molecule has 61 heavy (non-hydrogen) atoms. The molecule has 1 aliphatic heterocycles. The number of nitrogen functional groups attached to an aromatic ring is 1. The van der Waals surface area contributed by atoms with Gasteiger partial charge in [0.25, 0.3) is 0 Å². The third-order valence-electron chi connectivity index (χ3n) is 11.8. The van der Waals surface area contributed by atoms with E-state index in [4.69, 9.17) is 15.2 Å². The van der Waals surface area contributed by atoms with Gasteiger partial charge in [-0.15, -0.1) is 0 Å². The Kier molecular flexibility index (Phi) is 15.0. The maximum absolute atomic E-state index is 12.8. The van der Waals surface area contributed by atoms with E-state index in [1.807, 2.05) is 48.5 Å². The van der Waals surface area contributed by atoms with Crippen LogP contribution in [0.15, 0.2) is 140 Å². The first-order valence-corrected chi connectivity index (χ1v) is 21.5.